The molecule has 2 atom stereocenters. The van der Waals surface area contributed by atoms with Crippen LogP contribution in [0.25, 0.3) is 0 Å². The molecule has 5 nitrogen and oxygen atoms in total. The van der Waals surface area contributed by atoms with E-state index in [9.17, 15) is 9.90 Å². The Morgan fingerprint density at radius 3 is 2.86 bits per heavy atom. The normalized spacial score (nSPS) is 20.8. The second-order valence-corrected chi connectivity index (χ2v) is 5.29. The first-order valence-corrected chi connectivity index (χ1v) is 7.39. The molecule has 1 amide bonds. The number of hydrogen-bond donors (Lipinski definition) is 2. The summed E-state index contributed by atoms with van der Waals surface area (Å²) in [5, 5.41) is 12.8. The Morgan fingerprint density at radius 2 is 2.18 bits per heavy atom. The maximum Gasteiger partial charge on any atom is 0.251 e. The predicted molar refractivity (Wildman–Crippen MR) is 83.1 cm³/mol. The Hall–Kier alpha value is -2.19. The number of nitrogens with one attached hydrogen (secondary N) is 1. The lowest BCUT2D eigenvalue weighted by molar-refractivity contribution is 0.0717. The van der Waals surface area contributed by atoms with Gasteiger partial charge in [0.05, 0.1) is 19.3 Å². The maximum absolute atomic E-state index is 12.3. The lowest BCUT2D eigenvalue weighted by atomic mass is 9.92. The standard InChI is InChI=1S/C17H21NO4/c1-3-10-22-15-9-8-12(11-16(15)21-2)17(20)18-13-6-4-5-7-14(13)19/h1,8-9,11,13-14,19H,4-7,10H2,2H3,(H,18,20). The first-order chi connectivity index (χ1) is 10.7. The molecule has 1 aliphatic carbocycles. The van der Waals surface area contributed by atoms with Crippen molar-refractivity contribution in [2.24, 2.45) is 0 Å². The third-order valence-electron chi connectivity index (χ3n) is 3.78. The van der Waals surface area contributed by atoms with Gasteiger partial charge in [0.25, 0.3) is 5.91 Å². The summed E-state index contributed by atoms with van der Waals surface area (Å²) in [6.07, 6.45) is 8.23. The van der Waals surface area contributed by atoms with Crippen molar-refractivity contribution in [3.63, 3.8) is 0 Å². The van der Waals surface area contributed by atoms with Crippen molar-refractivity contribution in [2.75, 3.05) is 13.7 Å². The number of carbonyl (C=O) groups is 1. The monoisotopic (exact) mass is 303 g/mol. The summed E-state index contributed by atoms with van der Waals surface area (Å²) in [7, 11) is 1.50. The Labute approximate surface area is 130 Å². The van der Waals surface area contributed by atoms with Gasteiger partial charge >= 0.3 is 0 Å². The maximum atomic E-state index is 12.3. The summed E-state index contributed by atoms with van der Waals surface area (Å²) in [5.74, 6) is 3.10. The van der Waals surface area contributed by atoms with Crippen LogP contribution in [-0.4, -0.2) is 36.9 Å². The molecule has 1 aromatic carbocycles. The van der Waals surface area contributed by atoms with Gasteiger partial charge in [-0.2, -0.15) is 0 Å². The van der Waals surface area contributed by atoms with Gasteiger partial charge in [-0.15, -0.1) is 6.42 Å². The van der Waals surface area contributed by atoms with E-state index in [0.717, 1.165) is 25.7 Å². The molecule has 0 saturated heterocycles. The van der Waals surface area contributed by atoms with Crippen LogP contribution in [0.5, 0.6) is 11.5 Å². The number of ether oxygens (including phenoxy) is 2. The highest BCUT2D eigenvalue weighted by atomic mass is 16.5. The fourth-order valence-corrected chi connectivity index (χ4v) is 2.58. The van der Waals surface area contributed by atoms with E-state index >= 15 is 0 Å². The lowest BCUT2D eigenvalue weighted by Gasteiger charge is -2.28. The smallest absolute Gasteiger partial charge is 0.251 e. The number of aliphatic hydroxyl groups excluding tert-OH is 1. The highest BCUT2D eigenvalue weighted by Gasteiger charge is 2.25. The van der Waals surface area contributed by atoms with E-state index in [1.54, 1.807) is 18.2 Å². The molecular formula is C17H21NO4. The third-order valence-corrected chi connectivity index (χ3v) is 3.78. The van der Waals surface area contributed by atoms with Crippen LogP contribution in [0.15, 0.2) is 18.2 Å². The van der Waals surface area contributed by atoms with Crippen molar-refractivity contribution >= 4 is 5.91 Å². The van der Waals surface area contributed by atoms with Gasteiger partial charge in [-0.25, -0.2) is 0 Å². The van der Waals surface area contributed by atoms with Crippen LogP contribution in [0.1, 0.15) is 36.0 Å². The van der Waals surface area contributed by atoms with E-state index in [0.29, 0.717) is 17.1 Å². The van der Waals surface area contributed by atoms with E-state index in [4.69, 9.17) is 15.9 Å². The minimum absolute atomic E-state index is 0.135. The molecule has 2 N–H and O–H groups in total. The van der Waals surface area contributed by atoms with Gasteiger partial charge in [0.2, 0.25) is 0 Å². The van der Waals surface area contributed by atoms with E-state index < -0.39 is 6.10 Å². The highest BCUT2D eigenvalue weighted by molar-refractivity contribution is 5.95. The van der Waals surface area contributed by atoms with Gasteiger partial charge in [-0.05, 0) is 31.0 Å². The van der Waals surface area contributed by atoms with Crippen molar-refractivity contribution in [1.29, 1.82) is 0 Å². The molecule has 0 spiro atoms. The largest absolute Gasteiger partial charge is 0.493 e. The van der Waals surface area contributed by atoms with Gasteiger partial charge in [-0.1, -0.05) is 18.8 Å². The van der Waals surface area contributed by atoms with E-state index in [2.05, 4.69) is 11.2 Å². The van der Waals surface area contributed by atoms with E-state index in [1.807, 2.05) is 0 Å². The number of benzene rings is 1. The molecule has 2 rings (SSSR count). The zero-order chi connectivity index (χ0) is 15.9. The Kier molecular flexibility index (Phi) is 5.68. The van der Waals surface area contributed by atoms with E-state index in [1.165, 1.54) is 7.11 Å². The van der Waals surface area contributed by atoms with Crippen LogP contribution < -0.4 is 14.8 Å². The summed E-state index contributed by atoms with van der Waals surface area (Å²) in [4.78, 5) is 12.3. The number of aliphatic hydroxyl groups is 1. The fraction of sp³-hybridized carbons (Fsp3) is 0.471. The SMILES string of the molecule is C#CCOc1ccc(C(=O)NC2CCCCC2O)cc1OC. The molecule has 0 bridgehead atoms. The summed E-state index contributed by atoms with van der Waals surface area (Å²) in [5.41, 5.74) is 0.461. The van der Waals surface area contributed by atoms with Crippen molar-refractivity contribution in [1.82, 2.24) is 5.32 Å². The molecule has 1 fully saturated rings. The van der Waals surface area contributed by atoms with Crippen molar-refractivity contribution < 1.29 is 19.4 Å². The molecule has 118 valence electrons. The van der Waals surface area contributed by atoms with Gasteiger partial charge in [-0.3, -0.25) is 4.79 Å². The molecule has 22 heavy (non-hydrogen) atoms. The number of methoxy groups -OCH3 is 1. The number of terminal acetylenes is 1. The molecular weight excluding hydrogens is 282 g/mol. The van der Waals surface area contributed by atoms with Crippen LogP contribution in [0.3, 0.4) is 0 Å². The van der Waals surface area contributed by atoms with Crippen molar-refractivity contribution in [3.05, 3.63) is 23.8 Å². The molecule has 1 aliphatic rings. The van der Waals surface area contributed by atoms with Gasteiger partial charge in [0.1, 0.15) is 6.61 Å². The summed E-state index contributed by atoms with van der Waals surface area (Å²) in [6.45, 7) is 0.135. The molecule has 2 unspecified atom stereocenters. The van der Waals surface area contributed by atoms with Crippen LogP contribution in [-0.2, 0) is 0 Å². The van der Waals surface area contributed by atoms with Crippen molar-refractivity contribution in [2.45, 2.75) is 37.8 Å². The molecule has 0 heterocycles. The highest BCUT2D eigenvalue weighted by Crippen LogP contribution is 2.28. The molecule has 1 aromatic rings. The molecule has 0 aromatic heterocycles. The first kappa shape index (κ1) is 16.2. The number of rotatable bonds is 5. The fourth-order valence-electron chi connectivity index (χ4n) is 2.58. The Bertz CT molecular complexity index is 564. The zero-order valence-corrected chi connectivity index (χ0v) is 12.7. The second-order valence-electron chi connectivity index (χ2n) is 5.29. The Balaban J connectivity index is 2.07. The molecule has 0 aliphatic heterocycles. The van der Waals surface area contributed by atoms with Gasteiger partial charge in [0.15, 0.2) is 11.5 Å². The first-order valence-electron chi connectivity index (χ1n) is 7.39. The number of hydrogen-bond acceptors (Lipinski definition) is 4. The number of amides is 1. The van der Waals surface area contributed by atoms with Crippen LogP contribution in [0.2, 0.25) is 0 Å². The topological polar surface area (TPSA) is 67.8 Å². The zero-order valence-electron chi connectivity index (χ0n) is 12.7. The average Bonchev–Trinajstić information content (AvgIpc) is 2.54. The second kappa shape index (κ2) is 7.71. The Morgan fingerprint density at radius 1 is 1.41 bits per heavy atom. The predicted octanol–water partition coefficient (Wildman–Crippen LogP) is 1.74. The minimum Gasteiger partial charge on any atom is -0.493 e. The van der Waals surface area contributed by atoms with Crippen molar-refractivity contribution in [3.8, 4) is 23.8 Å². The van der Waals surface area contributed by atoms with Crippen LogP contribution in [0, 0.1) is 12.3 Å². The number of carbonyl (C=O) groups excluding carboxylic acids is 1. The average molecular weight is 303 g/mol. The summed E-state index contributed by atoms with van der Waals surface area (Å²) in [6, 6.07) is 4.72. The van der Waals surface area contributed by atoms with Gasteiger partial charge in [0, 0.05) is 5.56 Å². The molecule has 5 heteroatoms. The summed E-state index contributed by atoms with van der Waals surface area (Å²) >= 11 is 0. The minimum atomic E-state index is -0.474. The van der Waals surface area contributed by atoms with Crippen LogP contribution in [0.4, 0.5) is 0 Å². The summed E-state index contributed by atoms with van der Waals surface area (Å²) < 4.78 is 10.6. The lowest BCUT2D eigenvalue weighted by Crippen LogP contribution is -2.45. The quantitative estimate of drug-likeness (QED) is 0.813. The van der Waals surface area contributed by atoms with E-state index in [-0.39, 0.29) is 18.6 Å². The molecule has 1 saturated carbocycles. The third kappa shape index (κ3) is 3.92. The van der Waals surface area contributed by atoms with Crippen LogP contribution >= 0.6 is 0 Å². The molecule has 0 radical (unpaired) electrons. The van der Waals surface area contributed by atoms with Gasteiger partial charge < -0.3 is 19.9 Å².